The number of nitrogens with zero attached hydrogens (tertiary/aromatic N) is 1. The van der Waals surface area contributed by atoms with Crippen molar-refractivity contribution in [3.8, 4) is 0 Å². The van der Waals surface area contributed by atoms with Gasteiger partial charge >= 0.3 is 8.80 Å². The monoisotopic (exact) mass is 277 g/mol. The van der Waals surface area contributed by atoms with E-state index < -0.39 is 8.80 Å². The molecule has 0 saturated carbocycles. The van der Waals surface area contributed by atoms with E-state index in [0.717, 1.165) is 17.9 Å². The zero-order chi connectivity index (χ0) is 13.7. The zero-order valence-electron chi connectivity index (χ0n) is 11.6. The summed E-state index contributed by atoms with van der Waals surface area (Å²) >= 11 is 0. The summed E-state index contributed by atoms with van der Waals surface area (Å²) in [6.45, 7) is 0. The first-order valence-electron chi connectivity index (χ1n) is 6.22. The highest BCUT2D eigenvalue weighted by Crippen LogP contribution is 2.22. The molecule has 0 N–H and O–H groups in total. The van der Waals surface area contributed by atoms with E-state index >= 15 is 0 Å². The molecule has 0 amide bonds. The molecule has 5 heteroatoms. The van der Waals surface area contributed by atoms with Gasteiger partial charge in [0.25, 0.3) is 0 Å². The molecule has 0 aliphatic heterocycles. The highest BCUT2D eigenvalue weighted by Gasteiger charge is 2.37. The first-order chi connectivity index (χ1) is 9.24. The Morgan fingerprint density at radius 3 is 2.47 bits per heavy atom. The highest BCUT2D eigenvalue weighted by atomic mass is 28.4. The largest absolute Gasteiger partial charge is 0.500 e. The molecule has 0 fully saturated rings. The maximum absolute atomic E-state index is 5.45. The fraction of sp³-hybridized carbons (Fsp3) is 0.357. The maximum Gasteiger partial charge on any atom is 0.500 e. The average Bonchev–Trinajstić information content (AvgIpc) is 2.49. The summed E-state index contributed by atoms with van der Waals surface area (Å²) in [6, 6.07) is 9.05. The van der Waals surface area contributed by atoms with E-state index in [1.807, 2.05) is 18.5 Å². The van der Waals surface area contributed by atoms with Gasteiger partial charge in [0.15, 0.2) is 0 Å². The summed E-state index contributed by atoms with van der Waals surface area (Å²) in [5.74, 6) is 0. The molecule has 1 heterocycles. The summed E-state index contributed by atoms with van der Waals surface area (Å²) in [7, 11) is 2.43. The molecule has 102 valence electrons. The van der Waals surface area contributed by atoms with Crippen LogP contribution >= 0.6 is 0 Å². The third-order valence-electron chi connectivity index (χ3n) is 3.40. The van der Waals surface area contributed by atoms with Crippen LogP contribution in [0.2, 0.25) is 6.04 Å². The smallest absolute Gasteiger partial charge is 0.377 e. The minimum absolute atomic E-state index is 0.762. The SMILES string of the molecule is CO[Si](CCc1cccc2cnccc12)(OC)OC. The van der Waals surface area contributed by atoms with Gasteiger partial charge in [-0.2, -0.15) is 0 Å². The summed E-state index contributed by atoms with van der Waals surface area (Å²) in [4.78, 5) is 4.15. The standard InChI is InChI=1S/C14H19NO3Si/c1-16-19(17-2,18-3)10-8-12-5-4-6-13-11-15-9-7-14(12)13/h4-7,9,11H,8,10H2,1-3H3. The van der Waals surface area contributed by atoms with Crippen LogP contribution in [0.15, 0.2) is 36.7 Å². The molecule has 0 radical (unpaired) electrons. The lowest BCUT2D eigenvalue weighted by atomic mass is 10.1. The molecule has 0 spiro atoms. The number of aryl methyl sites for hydroxylation is 1. The van der Waals surface area contributed by atoms with E-state index in [9.17, 15) is 0 Å². The van der Waals surface area contributed by atoms with Crippen LogP contribution in [0, 0.1) is 0 Å². The minimum atomic E-state index is -2.50. The van der Waals surface area contributed by atoms with Crippen LogP contribution in [0.1, 0.15) is 5.56 Å². The summed E-state index contributed by atoms with van der Waals surface area (Å²) in [6.07, 6.45) is 4.56. The van der Waals surface area contributed by atoms with Crippen molar-refractivity contribution in [3.05, 3.63) is 42.2 Å². The van der Waals surface area contributed by atoms with Gasteiger partial charge in [0.2, 0.25) is 0 Å². The van der Waals surface area contributed by atoms with E-state index in [2.05, 4.69) is 23.2 Å². The van der Waals surface area contributed by atoms with Crippen LogP contribution < -0.4 is 0 Å². The lowest BCUT2D eigenvalue weighted by Crippen LogP contribution is -2.43. The van der Waals surface area contributed by atoms with Crippen molar-refractivity contribution in [2.75, 3.05) is 21.3 Å². The predicted octanol–water partition coefficient (Wildman–Crippen LogP) is 2.66. The van der Waals surface area contributed by atoms with E-state index in [4.69, 9.17) is 13.3 Å². The molecule has 0 aliphatic rings. The van der Waals surface area contributed by atoms with Gasteiger partial charge in [-0.15, -0.1) is 0 Å². The number of aromatic nitrogens is 1. The molecule has 4 nitrogen and oxygen atoms in total. The lowest BCUT2D eigenvalue weighted by Gasteiger charge is -2.24. The van der Waals surface area contributed by atoms with Crippen molar-refractivity contribution in [2.24, 2.45) is 0 Å². The van der Waals surface area contributed by atoms with E-state index in [0.29, 0.717) is 0 Å². The third-order valence-corrected chi connectivity index (χ3v) is 6.13. The first kappa shape index (κ1) is 14.1. The molecular formula is C14H19NO3Si. The van der Waals surface area contributed by atoms with E-state index in [-0.39, 0.29) is 0 Å². The average molecular weight is 277 g/mol. The Hall–Kier alpha value is -1.27. The number of hydrogen-bond donors (Lipinski definition) is 0. The quantitative estimate of drug-likeness (QED) is 0.761. The molecule has 1 aromatic carbocycles. The second-order valence-corrected chi connectivity index (χ2v) is 7.40. The molecule has 19 heavy (non-hydrogen) atoms. The van der Waals surface area contributed by atoms with Gasteiger partial charge in [0.1, 0.15) is 0 Å². The Balaban J connectivity index is 2.22. The van der Waals surface area contributed by atoms with E-state index in [1.165, 1.54) is 10.9 Å². The number of pyridine rings is 1. The van der Waals surface area contributed by atoms with Crippen molar-refractivity contribution >= 4 is 19.6 Å². The number of hydrogen-bond acceptors (Lipinski definition) is 4. The van der Waals surface area contributed by atoms with Crippen LogP contribution in [-0.2, 0) is 19.7 Å². The minimum Gasteiger partial charge on any atom is -0.377 e. The van der Waals surface area contributed by atoms with Gasteiger partial charge in [-0.25, -0.2) is 0 Å². The van der Waals surface area contributed by atoms with Crippen molar-refractivity contribution in [2.45, 2.75) is 12.5 Å². The predicted molar refractivity (Wildman–Crippen MR) is 77.0 cm³/mol. The van der Waals surface area contributed by atoms with Crippen molar-refractivity contribution < 1.29 is 13.3 Å². The summed E-state index contributed by atoms with van der Waals surface area (Å²) in [5, 5.41) is 2.38. The van der Waals surface area contributed by atoms with Crippen molar-refractivity contribution in [1.82, 2.24) is 4.98 Å². The molecule has 0 unspecified atom stereocenters. The second-order valence-electron chi connectivity index (χ2n) is 4.31. The Labute approximate surface area is 114 Å². The van der Waals surface area contributed by atoms with Crippen LogP contribution in [0.4, 0.5) is 0 Å². The normalized spacial score (nSPS) is 11.9. The number of fused-ring (bicyclic) bond motifs is 1. The van der Waals surface area contributed by atoms with Gasteiger partial charge < -0.3 is 13.3 Å². The van der Waals surface area contributed by atoms with Gasteiger partial charge in [-0.1, -0.05) is 18.2 Å². The molecule has 0 saturated heterocycles. The topological polar surface area (TPSA) is 40.6 Å². The molecule has 2 rings (SSSR count). The highest BCUT2D eigenvalue weighted by molar-refractivity contribution is 6.60. The van der Waals surface area contributed by atoms with Gasteiger partial charge in [-0.05, 0) is 23.4 Å². The maximum atomic E-state index is 5.45. The third kappa shape index (κ3) is 3.01. The van der Waals surface area contributed by atoms with Crippen molar-refractivity contribution in [1.29, 1.82) is 0 Å². The van der Waals surface area contributed by atoms with Gasteiger partial charge in [0, 0.05) is 45.2 Å². The summed E-state index contributed by atoms with van der Waals surface area (Å²) in [5.41, 5.74) is 1.27. The molecule has 1 aromatic heterocycles. The Morgan fingerprint density at radius 2 is 1.79 bits per heavy atom. The molecular weight excluding hydrogens is 258 g/mol. The Bertz CT molecular complexity index is 529. The fourth-order valence-electron chi connectivity index (χ4n) is 2.25. The molecule has 2 aromatic rings. The molecule has 0 bridgehead atoms. The zero-order valence-corrected chi connectivity index (χ0v) is 12.6. The van der Waals surface area contributed by atoms with Gasteiger partial charge in [0.05, 0.1) is 0 Å². The van der Waals surface area contributed by atoms with Crippen LogP contribution in [0.3, 0.4) is 0 Å². The molecule has 0 aliphatic carbocycles. The van der Waals surface area contributed by atoms with E-state index in [1.54, 1.807) is 21.3 Å². The van der Waals surface area contributed by atoms with Crippen LogP contribution in [-0.4, -0.2) is 35.1 Å². The van der Waals surface area contributed by atoms with Crippen molar-refractivity contribution in [3.63, 3.8) is 0 Å². The van der Waals surface area contributed by atoms with Gasteiger partial charge in [-0.3, -0.25) is 4.98 Å². The number of benzene rings is 1. The number of rotatable bonds is 6. The second kappa shape index (κ2) is 6.25. The fourth-order valence-corrected chi connectivity index (χ4v) is 3.94. The first-order valence-corrected chi connectivity index (χ1v) is 8.15. The van der Waals surface area contributed by atoms with Crippen LogP contribution in [0.5, 0.6) is 0 Å². The van der Waals surface area contributed by atoms with Crippen LogP contribution in [0.25, 0.3) is 10.8 Å². The Morgan fingerprint density at radius 1 is 1.05 bits per heavy atom. The lowest BCUT2D eigenvalue weighted by molar-refractivity contribution is 0.124. The summed E-state index contributed by atoms with van der Waals surface area (Å²) < 4.78 is 16.4. The molecule has 0 atom stereocenters. The Kier molecular flexibility index (Phi) is 4.65.